The number of methoxy groups -OCH3 is 1. The molecule has 3 N–H and O–H groups in total. The Kier molecular flexibility index (Phi) is 11.1. The van der Waals surface area contributed by atoms with E-state index in [0.717, 1.165) is 37.6 Å². The molecule has 0 aromatic heterocycles. The van der Waals surface area contributed by atoms with E-state index in [1.807, 2.05) is 45.0 Å². The van der Waals surface area contributed by atoms with Crippen LogP contribution >= 0.6 is 24.0 Å². The first-order valence-corrected chi connectivity index (χ1v) is 10.7. The fourth-order valence-corrected chi connectivity index (χ4v) is 3.52. The molecule has 0 saturated heterocycles. The number of amides is 1. The average Bonchev–Trinajstić information content (AvgIpc) is 2.63. The molecule has 170 valence electrons. The molecule has 30 heavy (non-hydrogen) atoms. The van der Waals surface area contributed by atoms with Crippen LogP contribution in [0.3, 0.4) is 0 Å². The molecule has 0 unspecified atom stereocenters. The first-order valence-electron chi connectivity index (χ1n) is 10.7. The molecule has 0 bridgehead atoms. The van der Waals surface area contributed by atoms with Crippen molar-refractivity contribution >= 4 is 35.8 Å². The van der Waals surface area contributed by atoms with E-state index in [0.29, 0.717) is 17.5 Å². The van der Waals surface area contributed by atoms with Crippen molar-refractivity contribution in [3.63, 3.8) is 0 Å². The summed E-state index contributed by atoms with van der Waals surface area (Å²) in [4.78, 5) is 17.1. The highest BCUT2D eigenvalue weighted by atomic mass is 127. The van der Waals surface area contributed by atoms with Crippen LogP contribution in [0.4, 0.5) is 0 Å². The van der Waals surface area contributed by atoms with Gasteiger partial charge in [0.2, 0.25) is 0 Å². The van der Waals surface area contributed by atoms with Crippen LogP contribution in [0.5, 0.6) is 0 Å². The largest absolute Gasteiger partial charge is 0.385 e. The maximum Gasteiger partial charge on any atom is 0.251 e. The van der Waals surface area contributed by atoms with E-state index in [1.54, 1.807) is 7.11 Å². The Labute approximate surface area is 199 Å². The van der Waals surface area contributed by atoms with Crippen LogP contribution in [-0.4, -0.2) is 44.2 Å². The number of hydrogen-bond acceptors (Lipinski definition) is 3. The zero-order valence-corrected chi connectivity index (χ0v) is 21.5. The predicted molar refractivity (Wildman–Crippen MR) is 135 cm³/mol. The SMILES string of the molecule is CCNC(=NCc1cccc(C(=O)NC(C)(C)C)c1)NCC1(CCOC)CCC1.I. The Morgan fingerprint density at radius 3 is 2.53 bits per heavy atom. The average molecular weight is 530 g/mol. The van der Waals surface area contributed by atoms with Gasteiger partial charge in [0.25, 0.3) is 5.91 Å². The molecule has 1 aromatic carbocycles. The summed E-state index contributed by atoms with van der Waals surface area (Å²) >= 11 is 0. The molecule has 1 amide bonds. The summed E-state index contributed by atoms with van der Waals surface area (Å²) in [5.74, 6) is 0.763. The third kappa shape index (κ3) is 8.79. The quantitative estimate of drug-likeness (QED) is 0.256. The van der Waals surface area contributed by atoms with Gasteiger partial charge in [-0.3, -0.25) is 4.79 Å². The highest BCUT2D eigenvalue weighted by molar-refractivity contribution is 14.0. The van der Waals surface area contributed by atoms with E-state index in [2.05, 4.69) is 22.9 Å². The number of halogens is 1. The lowest BCUT2D eigenvalue weighted by atomic mass is 9.67. The van der Waals surface area contributed by atoms with E-state index in [-0.39, 0.29) is 35.4 Å². The van der Waals surface area contributed by atoms with Gasteiger partial charge in [-0.25, -0.2) is 4.99 Å². The zero-order valence-electron chi connectivity index (χ0n) is 19.1. The molecule has 2 rings (SSSR count). The van der Waals surface area contributed by atoms with E-state index in [9.17, 15) is 4.79 Å². The monoisotopic (exact) mass is 530 g/mol. The second-order valence-corrected chi connectivity index (χ2v) is 9.05. The number of rotatable bonds is 9. The molecule has 0 radical (unpaired) electrons. The van der Waals surface area contributed by atoms with E-state index in [4.69, 9.17) is 9.73 Å². The van der Waals surface area contributed by atoms with Gasteiger partial charge in [-0.15, -0.1) is 24.0 Å². The van der Waals surface area contributed by atoms with Gasteiger partial charge in [-0.1, -0.05) is 18.6 Å². The van der Waals surface area contributed by atoms with Crippen LogP contribution in [0, 0.1) is 5.41 Å². The normalized spacial score (nSPS) is 15.6. The molecule has 1 aromatic rings. The van der Waals surface area contributed by atoms with Crippen molar-refractivity contribution in [2.45, 2.75) is 65.5 Å². The van der Waals surface area contributed by atoms with Gasteiger partial charge in [0.15, 0.2) is 5.96 Å². The Morgan fingerprint density at radius 2 is 1.97 bits per heavy atom. The van der Waals surface area contributed by atoms with E-state index < -0.39 is 0 Å². The zero-order chi connectivity index (χ0) is 21.3. The molecule has 1 fully saturated rings. The summed E-state index contributed by atoms with van der Waals surface area (Å²) in [5, 5.41) is 9.85. The minimum Gasteiger partial charge on any atom is -0.385 e. The number of nitrogens with zero attached hydrogens (tertiary/aromatic N) is 1. The molecular weight excluding hydrogens is 491 g/mol. The smallest absolute Gasteiger partial charge is 0.251 e. The molecule has 1 saturated carbocycles. The Bertz CT molecular complexity index is 697. The number of guanidine groups is 1. The highest BCUT2D eigenvalue weighted by Gasteiger charge is 2.36. The standard InChI is InChI=1S/C23H38N4O2.HI/c1-6-24-21(26-17-23(11-8-12-23)13-14-29-5)25-16-18-9-7-10-19(15-18)20(28)27-22(2,3)4;/h7,9-10,15H,6,8,11-14,16-17H2,1-5H3,(H,27,28)(H2,24,25,26);1H. The third-order valence-electron chi connectivity index (χ3n) is 5.32. The molecule has 0 heterocycles. The summed E-state index contributed by atoms with van der Waals surface area (Å²) in [6.07, 6.45) is 4.87. The first-order chi connectivity index (χ1) is 13.8. The summed E-state index contributed by atoms with van der Waals surface area (Å²) in [5.41, 5.74) is 1.75. The molecule has 7 heteroatoms. The van der Waals surface area contributed by atoms with Crippen molar-refractivity contribution in [2.24, 2.45) is 10.4 Å². The summed E-state index contributed by atoms with van der Waals surface area (Å²) in [7, 11) is 1.77. The third-order valence-corrected chi connectivity index (χ3v) is 5.32. The van der Waals surface area contributed by atoms with Gasteiger partial charge < -0.3 is 20.7 Å². The lowest BCUT2D eigenvalue weighted by Gasteiger charge is -2.42. The van der Waals surface area contributed by atoms with Gasteiger partial charge in [0.1, 0.15) is 0 Å². The van der Waals surface area contributed by atoms with E-state index >= 15 is 0 Å². The maximum absolute atomic E-state index is 12.4. The molecule has 0 atom stereocenters. The summed E-state index contributed by atoms with van der Waals surface area (Å²) < 4.78 is 5.29. The first kappa shape index (κ1) is 26.7. The van der Waals surface area contributed by atoms with Crippen molar-refractivity contribution in [1.29, 1.82) is 0 Å². The van der Waals surface area contributed by atoms with Crippen LogP contribution in [0.25, 0.3) is 0 Å². The van der Waals surface area contributed by atoms with Gasteiger partial charge >= 0.3 is 0 Å². The molecular formula is C23H39IN4O2. The van der Waals surface area contributed by atoms with Gasteiger partial charge in [0, 0.05) is 37.9 Å². The predicted octanol–water partition coefficient (Wildman–Crippen LogP) is 4.09. The van der Waals surface area contributed by atoms with Gasteiger partial charge in [-0.2, -0.15) is 0 Å². The lowest BCUT2D eigenvalue weighted by molar-refractivity contribution is 0.0732. The highest BCUT2D eigenvalue weighted by Crippen LogP contribution is 2.43. The number of hydrogen-bond donors (Lipinski definition) is 3. The Balaban J connectivity index is 0.00000450. The fourth-order valence-electron chi connectivity index (χ4n) is 3.52. The number of ether oxygens (including phenoxy) is 1. The summed E-state index contributed by atoms with van der Waals surface area (Å²) in [6, 6.07) is 7.68. The van der Waals surface area contributed by atoms with Crippen molar-refractivity contribution in [3.8, 4) is 0 Å². The van der Waals surface area contributed by atoms with Gasteiger partial charge in [0.05, 0.1) is 6.54 Å². The van der Waals surface area contributed by atoms with Crippen LogP contribution in [-0.2, 0) is 11.3 Å². The number of nitrogens with one attached hydrogen (secondary N) is 3. The number of carbonyl (C=O) groups excluding carboxylic acids is 1. The Morgan fingerprint density at radius 1 is 1.23 bits per heavy atom. The van der Waals surface area contributed by atoms with Crippen molar-refractivity contribution in [3.05, 3.63) is 35.4 Å². The minimum atomic E-state index is -0.256. The van der Waals surface area contributed by atoms with Gasteiger partial charge in [-0.05, 0) is 70.1 Å². The fraction of sp³-hybridized carbons (Fsp3) is 0.652. The minimum absolute atomic E-state index is 0. The van der Waals surface area contributed by atoms with E-state index in [1.165, 1.54) is 19.3 Å². The van der Waals surface area contributed by atoms with Crippen LogP contribution in [0.1, 0.15) is 69.3 Å². The number of aliphatic imine (C=N–C) groups is 1. The molecule has 0 aliphatic heterocycles. The number of carbonyl (C=O) groups is 1. The van der Waals surface area contributed by atoms with Crippen LogP contribution < -0.4 is 16.0 Å². The molecule has 0 spiro atoms. The summed E-state index contributed by atoms with van der Waals surface area (Å²) in [6.45, 7) is 11.1. The molecule has 1 aliphatic carbocycles. The topological polar surface area (TPSA) is 74.8 Å². The molecule has 1 aliphatic rings. The van der Waals surface area contributed by atoms with Crippen molar-refractivity contribution < 1.29 is 9.53 Å². The molecule has 6 nitrogen and oxygen atoms in total. The Hall–Kier alpha value is -1.35. The second kappa shape index (κ2) is 12.5. The van der Waals surface area contributed by atoms with Crippen LogP contribution in [0.15, 0.2) is 29.3 Å². The maximum atomic E-state index is 12.4. The second-order valence-electron chi connectivity index (χ2n) is 9.05. The van der Waals surface area contributed by atoms with Crippen LogP contribution in [0.2, 0.25) is 0 Å². The van der Waals surface area contributed by atoms with Crippen molar-refractivity contribution in [1.82, 2.24) is 16.0 Å². The number of benzene rings is 1. The van der Waals surface area contributed by atoms with Crippen molar-refractivity contribution in [2.75, 3.05) is 26.8 Å². The lowest BCUT2D eigenvalue weighted by Crippen LogP contribution is -2.47.